The van der Waals surface area contributed by atoms with Gasteiger partial charge in [-0.1, -0.05) is 0 Å². The Hall–Kier alpha value is -2.35. The third kappa shape index (κ3) is 1.69. The molecule has 0 atom stereocenters. The van der Waals surface area contributed by atoms with Gasteiger partial charge in [0.1, 0.15) is 0 Å². The monoisotopic (exact) mass is 185 g/mol. The average Bonchev–Trinajstić information content (AvgIpc) is 2.72. The highest BCUT2D eigenvalue weighted by Crippen LogP contribution is 2.13. The van der Waals surface area contributed by atoms with E-state index in [0.29, 0.717) is 11.4 Å². The highest BCUT2D eigenvalue weighted by atomic mass is 15.3. The predicted molar refractivity (Wildman–Crippen MR) is 50.8 cm³/mol. The first kappa shape index (κ1) is 8.26. The van der Waals surface area contributed by atoms with Crippen LogP contribution in [0.2, 0.25) is 0 Å². The van der Waals surface area contributed by atoms with E-state index in [-0.39, 0.29) is 0 Å². The Balaban J connectivity index is 2.15. The molecule has 0 saturated carbocycles. The van der Waals surface area contributed by atoms with Crippen LogP contribution in [-0.4, -0.2) is 15.4 Å². The van der Waals surface area contributed by atoms with Crippen molar-refractivity contribution in [2.75, 3.05) is 5.32 Å². The topological polar surface area (TPSA) is 77.4 Å². The zero-order valence-electron chi connectivity index (χ0n) is 7.23. The van der Waals surface area contributed by atoms with Gasteiger partial charge in [0.25, 0.3) is 0 Å². The molecule has 0 aliphatic rings. The van der Waals surface area contributed by atoms with E-state index in [9.17, 15) is 0 Å². The summed E-state index contributed by atoms with van der Waals surface area (Å²) >= 11 is 0. The standard InChI is InChI=1S/C9H7N5/c10-5-7-1-3-8(4-2-7)12-9-6-11-14-13-9/h1-4,6H,(H2,11,12,13,14). The molecule has 2 N–H and O–H groups in total. The van der Waals surface area contributed by atoms with Gasteiger partial charge in [-0.25, -0.2) is 0 Å². The number of H-pyrrole nitrogens is 1. The lowest BCUT2D eigenvalue weighted by Gasteiger charge is -2.00. The Labute approximate surface area is 80.4 Å². The van der Waals surface area contributed by atoms with Crippen molar-refractivity contribution in [3.05, 3.63) is 36.0 Å². The van der Waals surface area contributed by atoms with Crippen molar-refractivity contribution in [2.45, 2.75) is 0 Å². The van der Waals surface area contributed by atoms with Gasteiger partial charge < -0.3 is 5.32 Å². The van der Waals surface area contributed by atoms with Crippen molar-refractivity contribution >= 4 is 11.5 Å². The van der Waals surface area contributed by atoms with Gasteiger partial charge in [-0.05, 0) is 24.3 Å². The summed E-state index contributed by atoms with van der Waals surface area (Å²) in [5, 5.41) is 21.6. The van der Waals surface area contributed by atoms with Crippen LogP contribution in [-0.2, 0) is 0 Å². The molecule has 5 nitrogen and oxygen atoms in total. The maximum absolute atomic E-state index is 8.59. The highest BCUT2D eigenvalue weighted by Gasteiger charge is 1.96. The van der Waals surface area contributed by atoms with Crippen LogP contribution < -0.4 is 5.32 Å². The van der Waals surface area contributed by atoms with E-state index >= 15 is 0 Å². The Kier molecular flexibility index (Phi) is 2.11. The number of nitrogens with one attached hydrogen (secondary N) is 2. The SMILES string of the molecule is N#Cc1ccc(Nc2cn[nH]n2)cc1. The molecule has 0 bridgehead atoms. The van der Waals surface area contributed by atoms with Crippen molar-refractivity contribution in [3.8, 4) is 6.07 Å². The Bertz CT molecular complexity index is 437. The van der Waals surface area contributed by atoms with Gasteiger partial charge in [0.05, 0.1) is 17.8 Å². The second-order valence-electron chi connectivity index (χ2n) is 2.67. The minimum atomic E-state index is 0.635. The third-order valence-corrected chi connectivity index (χ3v) is 1.70. The molecule has 2 aromatic rings. The molecule has 0 saturated heterocycles. The summed E-state index contributed by atoms with van der Waals surface area (Å²) in [6.45, 7) is 0. The molecule has 14 heavy (non-hydrogen) atoms. The molecule has 0 aliphatic heterocycles. The van der Waals surface area contributed by atoms with Crippen LogP contribution >= 0.6 is 0 Å². The number of aromatic nitrogens is 3. The lowest BCUT2D eigenvalue weighted by molar-refractivity contribution is 0.942. The number of nitriles is 1. The van der Waals surface area contributed by atoms with Crippen molar-refractivity contribution in [2.24, 2.45) is 0 Å². The van der Waals surface area contributed by atoms with Gasteiger partial charge in [0.15, 0.2) is 5.82 Å². The Morgan fingerprint density at radius 1 is 1.29 bits per heavy atom. The number of aromatic amines is 1. The van der Waals surface area contributed by atoms with E-state index in [1.807, 2.05) is 12.1 Å². The first-order valence-electron chi connectivity index (χ1n) is 4.01. The average molecular weight is 185 g/mol. The molecule has 0 aliphatic carbocycles. The third-order valence-electron chi connectivity index (χ3n) is 1.70. The number of hydrogen-bond donors (Lipinski definition) is 2. The fourth-order valence-electron chi connectivity index (χ4n) is 1.04. The minimum absolute atomic E-state index is 0.635. The van der Waals surface area contributed by atoms with Crippen LogP contribution in [0.1, 0.15) is 5.56 Å². The van der Waals surface area contributed by atoms with Crippen LogP contribution in [0.25, 0.3) is 0 Å². The molecule has 5 heteroatoms. The molecule has 68 valence electrons. The quantitative estimate of drug-likeness (QED) is 0.741. The fraction of sp³-hybridized carbons (Fsp3) is 0. The lowest BCUT2D eigenvalue weighted by Crippen LogP contribution is -1.90. The molecule has 0 amide bonds. The maximum atomic E-state index is 8.59. The highest BCUT2D eigenvalue weighted by molar-refractivity contribution is 5.56. The van der Waals surface area contributed by atoms with E-state index < -0.39 is 0 Å². The van der Waals surface area contributed by atoms with Crippen LogP contribution in [0.4, 0.5) is 11.5 Å². The summed E-state index contributed by atoms with van der Waals surface area (Å²) in [6, 6.07) is 9.15. The molecule has 1 heterocycles. The zero-order chi connectivity index (χ0) is 9.80. The van der Waals surface area contributed by atoms with Gasteiger partial charge in [0, 0.05) is 5.69 Å². The molecule has 1 aromatic heterocycles. The van der Waals surface area contributed by atoms with Gasteiger partial charge in [0.2, 0.25) is 0 Å². The normalized spacial score (nSPS) is 9.36. The smallest absolute Gasteiger partial charge is 0.172 e. The van der Waals surface area contributed by atoms with E-state index in [4.69, 9.17) is 5.26 Å². The van der Waals surface area contributed by atoms with Crippen molar-refractivity contribution < 1.29 is 0 Å². The van der Waals surface area contributed by atoms with Gasteiger partial charge in [-0.2, -0.15) is 15.6 Å². The largest absolute Gasteiger partial charge is 0.337 e. The lowest BCUT2D eigenvalue weighted by atomic mass is 10.2. The first-order valence-corrected chi connectivity index (χ1v) is 4.01. The number of benzene rings is 1. The van der Waals surface area contributed by atoms with Gasteiger partial charge >= 0.3 is 0 Å². The van der Waals surface area contributed by atoms with Crippen molar-refractivity contribution in [1.29, 1.82) is 5.26 Å². The number of anilines is 2. The van der Waals surface area contributed by atoms with Crippen LogP contribution in [0.15, 0.2) is 30.5 Å². The van der Waals surface area contributed by atoms with E-state index in [0.717, 1.165) is 5.69 Å². The van der Waals surface area contributed by atoms with Crippen LogP contribution in [0.3, 0.4) is 0 Å². The Morgan fingerprint density at radius 3 is 2.64 bits per heavy atom. The maximum Gasteiger partial charge on any atom is 0.172 e. The van der Waals surface area contributed by atoms with Crippen LogP contribution in [0.5, 0.6) is 0 Å². The number of nitrogens with zero attached hydrogens (tertiary/aromatic N) is 3. The van der Waals surface area contributed by atoms with Gasteiger partial charge in [-0.15, -0.1) is 5.10 Å². The number of rotatable bonds is 2. The summed E-state index contributed by atoms with van der Waals surface area (Å²) in [7, 11) is 0. The molecule has 1 aromatic carbocycles. The molecule has 0 spiro atoms. The van der Waals surface area contributed by atoms with E-state index in [2.05, 4.69) is 26.8 Å². The van der Waals surface area contributed by atoms with Gasteiger partial charge in [-0.3, -0.25) is 0 Å². The molecule has 2 rings (SSSR count). The van der Waals surface area contributed by atoms with E-state index in [1.54, 1.807) is 18.3 Å². The predicted octanol–water partition coefficient (Wildman–Crippen LogP) is 1.42. The van der Waals surface area contributed by atoms with Crippen LogP contribution in [0, 0.1) is 11.3 Å². The van der Waals surface area contributed by atoms with Crippen molar-refractivity contribution in [3.63, 3.8) is 0 Å². The summed E-state index contributed by atoms with van der Waals surface area (Å²) in [5.41, 5.74) is 1.51. The summed E-state index contributed by atoms with van der Waals surface area (Å²) in [5.74, 6) is 0.648. The van der Waals surface area contributed by atoms with E-state index in [1.165, 1.54) is 0 Å². The summed E-state index contributed by atoms with van der Waals surface area (Å²) in [4.78, 5) is 0. The summed E-state index contributed by atoms with van der Waals surface area (Å²) < 4.78 is 0. The zero-order valence-corrected chi connectivity index (χ0v) is 7.23. The van der Waals surface area contributed by atoms with Crippen molar-refractivity contribution in [1.82, 2.24) is 15.4 Å². The second-order valence-corrected chi connectivity index (χ2v) is 2.67. The Morgan fingerprint density at radius 2 is 2.07 bits per heavy atom. The number of hydrogen-bond acceptors (Lipinski definition) is 4. The molecular formula is C9H7N5. The first-order chi connectivity index (χ1) is 6.88. The molecule has 0 fully saturated rings. The second kappa shape index (κ2) is 3.58. The summed E-state index contributed by atoms with van der Waals surface area (Å²) in [6.07, 6.45) is 1.58. The minimum Gasteiger partial charge on any atom is -0.337 e. The molecular weight excluding hydrogens is 178 g/mol. The molecule has 0 radical (unpaired) electrons. The molecule has 0 unspecified atom stereocenters. The fourth-order valence-corrected chi connectivity index (χ4v) is 1.04.